The molecule has 141 heavy (non-hydrogen) atoms. The number of benzene rings is 12. The predicted octanol–water partition coefficient (Wildman–Crippen LogP) is 16.0. The maximum absolute atomic E-state index is 13.3. The highest BCUT2D eigenvalue weighted by Gasteiger charge is 2.33. The fraction of sp³-hybridized carbons (Fsp3) is 0.123. The van der Waals surface area contributed by atoms with Crippen molar-refractivity contribution in [2.45, 2.75) is 82.6 Å². The number of nitrogens with two attached hydrogens (primary N) is 2. The van der Waals surface area contributed by atoms with Crippen LogP contribution in [0.15, 0.2) is 246 Å². The summed E-state index contributed by atoms with van der Waals surface area (Å²) in [6.45, 7) is 4.68. The van der Waals surface area contributed by atoms with Crippen LogP contribution in [0, 0.1) is 30.9 Å². The van der Waals surface area contributed by atoms with Crippen LogP contribution in [-0.4, -0.2) is 173 Å². The molecule has 0 unspecified atom stereocenters. The number of phenolic OH excluding ortho intramolecular Hbond substituents is 3. The van der Waals surface area contributed by atoms with Gasteiger partial charge in [0.1, 0.15) is 75.9 Å². The number of nitro groups is 1. The third-order valence-corrected chi connectivity index (χ3v) is 28.8. The summed E-state index contributed by atoms with van der Waals surface area (Å²) in [6, 6.07) is 21.9. The lowest BCUT2D eigenvalue weighted by Crippen LogP contribution is -2.11. The van der Waals surface area contributed by atoms with Crippen molar-refractivity contribution in [3.8, 4) is 34.5 Å². The Balaban J connectivity index is 0.000000337. The zero-order valence-corrected chi connectivity index (χ0v) is 80.0. The standard InChI is InChI=1S/C46H36N10O30S8.C27H27N3O13S4/c1-19-9-30(34(82-7-2-8-87-85-83-62)17-29(19)50-52-31-13-22(89(64,65)66)10-20-11-23(90(67,68)69)14-33(57)39(20)31)51-55-43-38(93(76,77)78)16-25-24(44(43)58)4-6-28(46(25)94(79,80)81)49-53-32-18-36(91(70,71)72)26-15-35(88-86-84-63)42(45(59)40(26)41(32)47)54-48-27-5-3-21(56(60)61)12-37(27)92(73,74)75;1-16-4-6-19(7-5-16)47(38,39)41-26-14-21(46(35,36)37)12-18-11-20(45(32,33)34)13-24(27(18)26)30-29-23-15-25(22(28)10-17(23)2)40-8-3-9-44-43-42-31/h3-6,9-18,57-59,62-63H,2,7-8,47H2,1H3,(H,64,65,66)(H,67,68,69)(H,70,71,72)(H,73,74,75)(H,76,77,78)(H,79,80,81);4-7,10-15,31H,3,8-9,28H2,1-2H3,(H,32,33,34)(H,35,36,37). The number of nitrogens with zero attached hydrogens (tertiary/aromatic N) is 11. The van der Waals surface area contributed by atoms with Gasteiger partial charge >= 0.3 is 10.1 Å². The van der Waals surface area contributed by atoms with Gasteiger partial charge in [-0.1, -0.05) is 32.8 Å². The van der Waals surface area contributed by atoms with Gasteiger partial charge in [0.25, 0.3) is 86.6 Å². The number of aryl methyl sites for hydroxylation is 3. The first-order valence-electron chi connectivity index (χ1n) is 37.4. The molecule has 18 N–H and O–H groups in total. The highest BCUT2D eigenvalue weighted by Crippen LogP contribution is 2.53. The zero-order valence-electron chi connectivity index (χ0n) is 70.2. The molecule has 12 aromatic carbocycles. The van der Waals surface area contributed by atoms with Crippen LogP contribution < -0.4 is 25.1 Å². The SMILES string of the molecule is Cc1cc(N=Nc2c(S(=O)(=O)O)cc3c(S(=O)(=O)O)c(N=Nc4cc(S(=O)(=O)O)c5cc(SOOO)c(N=Nc6ccc([N+](=O)[O-])cc6S(=O)(=O)O)c(O)c5c4N)ccc3c2O)c(OCCCSOOO)cc1N=Nc1cc(S(=O)(=O)O)cc2cc(S(=O)(=O)O)cc(O)c12.Cc1ccc(S(=O)(=O)Oc2cc(S(=O)(=O)O)cc3cc(S(=O)(=O)O)cc(N=Nc4cc(OCCCSOOO)c(N)cc4C)c23)cc1. The highest BCUT2D eigenvalue weighted by atomic mass is 32.3. The minimum atomic E-state index is -5.74. The Morgan fingerprint density at radius 3 is 1.38 bits per heavy atom. The first-order valence-corrected chi connectivity index (χ1v) is 52.9. The van der Waals surface area contributed by atoms with Crippen molar-refractivity contribution in [3.63, 3.8) is 0 Å². The normalized spacial score (nSPS) is 12.9. The number of hydrogen-bond donors (Lipinski definition) is 16. The van der Waals surface area contributed by atoms with Crippen LogP contribution in [0.25, 0.3) is 43.1 Å². The molecular weight excluding hydrogens is 2130 g/mol. The van der Waals surface area contributed by atoms with E-state index >= 15 is 0 Å². The van der Waals surface area contributed by atoms with Crippen molar-refractivity contribution in [1.29, 1.82) is 0 Å². The van der Waals surface area contributed by atoms with E-state index in [1.165, 1.54) is 43.3 Å². The van der Waals surface area contributed by atoms with Gasteiger partial charge in [0, 0.05) is 88.1 Å². The molecule has 0 atom stereocenters. The summed E-state index contributed by atoms with van der Waals surface area (Å²) in [6.07, 6.45) is 0.567. The fourth-order valence-electron chi connectivity index (χ4n) is 12.6. The summed E-state index contributed by atoms with van der Waals surface area (Å²) >= 11 is 1.42. The van der Waals surface area contributed by atoms with Crippen molar-refractivity contribution in [2.75, 3.05) is 36.2 Å². The number of nitro benzene ring substituents is 1. The third kappa shape index (κ3) is 26.4. The van der Waals surface area contributed by atoms with Crippen LogP contribution in [0.4, 0.5) is 73.9 Å². The Labute approximate surface area is 805 Å². The van der Waals surface area contributed by atoms with E-state index in [1.807, 2.05) is 0 Å². The molecule has 0 aliphatic rings. The van der Waals surface area contributed by atoms with E-state index in [9.17, 15) is 138 Å². The molecule has 0 aliphatic carbocycles. The van der Waals surface area contributed by atoms with Gasteiger partial charge in [-0.15, -0.1) is 53.9 Å². The van der Waals surface area contributed by atoms with Crippen LogP contribution in [0.5, 0.6) is 34.5 Å². The van der Waals surface area contributed by atoms with Crippen molar-refractivity contribution in [3.05, 3.63) is 172 Å². The second-order valence-electron chi connectivity index (χ2n) is 28.2. The number of nitrogen functional groups attached to an aromatic ring is 2. The Morgan fingerprint density at radius 1 is 0.376 bits per heavy atom. The van der Waals surface area contributed by atoms with Gasteiger partial charge in [-0.05, 0) is 153 Å². The van der Waals surface area contributed by atoms with E-state index in [2.05, 4.69) is 79.3 Å². The molecule has 750 valence electrons. The van der Waals surface area contributed by atoms with E-state index in [0.29, 0.717) is 66.2 Å². The second kappa shape index (κ2) is 43.5. The lowest BCUT2D eigenvalue weighted by molar-refractivity contribution is -0.432. The van der Waals surface area contributed by atoms with Crippen molar-refractivity contribution >= 4 is 244 Å². The van der Waals surface area contributed by atoms with Crippen LogP contribution in [-0.2, 0) is 119 Å². The predicted molar refractivity (Wildman–Crippen MR) is 489 cm³/mol. The first-order chi connectivity index (χ1) is 65.7. The number of fused-ring (bicyclic) bond motifs is 4. The lowest BCUT2D eigenvalue weighted by atomic mass is 10.0. The van der Waals surface area contributed by atoms with Crippen LogP contribution in [0.2, 0.25) is 0 Å². The van der Waals surface area contributed by atoms with Gasteiger partial charge in [0.15, 0.2) is 17.2 Å². The molecule has 0 bridgehead atoms. The van der Waals surface area contributed by atoms with E-state index in [-0.39, 0.29) is 109 Å². The van der Waals surface area contributed by atoms with E-state index < -0.39 is 230 Å². The number of hydrogen-bond acceptors (Lipinski definition) is 50. The van der Waals surface area contributed by atoms with Crippen molar-refractivity contribution < 1.29 is 190 Å². The average Bonchev–Trinajstić information content (AvgIpc) is 0.736. The van der Waals surface area contributed by atoms with E-state index in [0.717, 1.165) is 90.4 Å². The molecule has 0 fully saturated rings. The fourth-order valence-corrected chi connectivity index (χ4v) is 19.7. The molecule has 56 nitrogen and oxygen atoms in total. The van der Waals surface area contributed by atoms with Crippen LogP contribution in [0.3, 0.4) is 0 Å². The molecule has 12 aromatic rings. The van der Waals surface area contributed by atoms with Gasteiger partial charge in [-0.25, -0.2) is 15.8 Å². The number of anilines is 2. The Morgan fingerprint density at radius 2 is 0.844 bits per heavy atom. The Kier molecular flexibility index (Phi) is 33.5. The zero-order chi connectivity index (χ0) is 104. The number of phenols is 3. The van der Waals surface area contributed by atoms with Crippen LogP contribution in [0.1, 0.15) is 29.5 Å². The van der Waals surface area contributed by atoms with Gasteiger partial charge in [0.2, 0.25) is 0 Å². The summed E-state index contributed by atoms with van der Waals surface area (Å²) in [5, 5.41) is 116. The van der Waals surface area contributed by atoms with Crippen molar-refractivity contribution in [2.24, 2.45) is 51.1 Å². The quantitative estimate of drug-likeness (QED) is 0.00196. The lowest BCUT2D eigenvalue weighted by Gasteiger charge is -2.15. The molecular formula is C73H63N13O43S12. The first kappa shape index (κ1) is 109. The molecule has 0 saturated heterocycles. The largest absolute Gasteiger partial charge is 0.507 e. The Bertz CT molecular complexity index is 8380. The number of azo groups is 5. The number of rotatable bonds is 39. The molecule has 0 heterocycles. The number of non-ortho nitro benzene ring substituents is 1. The minimum Gasteiger partial charge on any atom is -0.507 e. The average molecular weight is 2200 g/mol. The molecule has 0 amide bonds. The van der Waals surface area contributed by atoms with E-state index in [1.54, 1.807) is 13.8 Å². The van der Waals surface area contributed by atoms with Gasteiger partial charge in [-0.3, -0.25) is 46.5 Å². The van der Waals surface area contributed by atoms with E-state index in [4.69, 9.17) is 40.9 Å². The van der Waals surface area contributed by atoms with Crippen molar-refractivity contribution in [1.82, 2.24) is 0 Å². The summed E-state index contributed by atoms with van der Waals surface area (Å²) in [5.41, 5.74) is 6.48. The molecule has 0 saturated carbocycles. The van der Waals surface area contributed by atoms with Gasteiger partial charge in [-0.2, -0.15) is 86.0 Å². The summed E-state index contributed by atoms with van der Waals surface area (Å²) in [4.78, 5) is 0.923. The maximum atomic E-state index is 13.3. The maximum Gasteiger partial charge on any atom is 0.339 e. The molecule has 0 aromatic heterocycles. The van der Waals surface area contributed by atoms with Gasteiger partial charge < -0.3 is 40.4 Å². The third-order valence-electron chi connectivity index (χ3n) is 18.8. The van der Waals surface area contributed by atoms with Gasteiger partial charge in [0.05, 0.1) is 105 Å². The smallest absolute Gasteiger partial charge is 0.339 e. The molecule has 0 aliphatic heterocycles. The minimum absolute atomic E-state index is 0.0430. The summed E-state index contributed by atoms with van der Waals surface area (Å²) in [7, 11) is -46.8. The molecule has 12 rings (SSSR count). The monoisotopic (exact) mass is 2190 g/mol. The number of aromatic hydroxyl groups is 3. The van der Waals surface area contributed by atoms with Crippen LogP contribution >= 0.6 is 36.1 Å². The number of ether oxygens (including phenoxy) is 2. The summed E-state index contributed by atoms with van der Waals surface area (Å²) in [5.74, 6) is -3.62. The topological polar surface area (TPSA) is 892 Å². The molecule has 0 radical (unpaired) electrons. The highest BCUT2D eigenvalue weighted by molar-refractivity contribution is 7.95. The molecule has 68 heteroatoms. The summed E-state index contributed by atoms with van der Waals surface area (Å²) < 4.78 is 337. The Hall–Kier alpha value is -12.6. The molecule has 0 spiro atoms. The second-order valence-corrected chi connectivity index (χ2v) is 43.3.